The van der Waals surface area contributed by atoms with Crippen molar-refractivity contribution < 1.29 is 10.2 Å². The lowest BCUT2D eigenvalue weighted by molar-refractivity contribution is 0.0294. The van der Waals surface area contributed by atoms with Gasteiger partial charge in [0.25, 0.3) is 0 Å². The molecular weight excluding hydrogens is 222 g/mol. The Kier molecular flexibility index (Phi) is 5.41. The SMILES string of the molecule is CCC(O)(CC)CNCC(O)c1cccs1. The Hall–Kier alpha value is -0.420. The molecule has 16 heavy (non-hydrogen) atoms. The molecule has 0 saturated carbocycles. The van der Waals surface area contributed by atoms with Crippen LogP contribution in [0.1, 0.15) is 37.7 Å². The molecule has 1 aromatic rings. The van der Waals surface area contributed by atoms with E-state index in [9.17, 15) is 10.2 Å². The first kappa shape index (κ1) is 13.6. The van der Waals surface area contributed by atoms with Crippen LogP contribution in [0.4, 0.5) is 0 Å². The molecule has 0 aliphatic carbocycles. The minimum Gasteiger partial charge on any atom is -0.389 e. The molecule has 4 heteroatoms. The molecule has 0 amide bonds. The van der Waals surface area contributed by atoms with Crippen LogP contribution in [-0.4, -0.2) is 28.9 Å². The first-order chi connectivity index (χ1) is 7.61. The van der Waals surface area contributed by atoms with E-state index in [1.54, 1.807) is 11.3 Å². The largest absolute Gasteiger partial charge is 0.389 e. The predicted octanol–water partition coefficient (Wildman–Crippen LogP) is 1.92. The van der Waals surface area contributed by atoms with Gasteiger partial charge in [-0.1, -0.05) is 19.9 Å². The average molecular weight is 243 g/mol. The van der Waals surface area contributed by atoms with Gasteiger partial charge in [0.05, 0.1) is 5.60 Å². The monoisotopic (exact) mass is 243 g/mol. The highest BCUT2D eigenvalue weighted by atomic mass is 32.1. The molecule has 3 nitrogen and oxygen atoms in total. The molecule has 0 spiro atoms. The van der Waals surface area contributed by atoms with Crippen LogP contribution in [0, 0.1) is 0 Å². The molecular formula is C12H21NO2S. The van der Waals surface area contributed by atoms with Gasteiger partial charge in [-0.15, -0.1) is 11.3 Å². The lowest BCUT2D eigenvalue weighted by atomic mass is 9.97. The molecule has 92 valence electrons. The summed E-state index contributed by atoms with van der Waals surface area (Å²) < 4.78 is 0. The second-order valence-corrected chi connectivity index (χ2v) is 5.07. The van der Waals surface area contributed by atoms with Crippen molar-refractivity contribution >= 4 is 11.3 Å². The van der Waals surface area contributed by atoms with E-state index in [1.807, 2.05) is 31.4 Å². The van der Waals surface area contributed by atoms with Crippen molar-refractivity contribution in [3.8, 4) is 0 Å². The van der Waals surface area contributed by atoms with Crippen LogP contribution in [0.5, 0.6) is 0 Å². The Balaban J connectivity index is 2.30. The van der Waals surface area contributed by atoms with E-state index < -0.39 is 11.7 Å². The second-order valence-electron chi connectivity index (χ2n) is 4.09. The van der Waals surface area contributed by atoms with E-state index in [0.717, 1.165) is 17.7 Å². The molecule has 0 aliphatic heterocycles. The molecule has 0 bridgehead atoms. The van der Waals surface area contributed by atoms with Gasteiger partial charge in [0.2, 0.25) is 0 Å². The van der Waals surface area contributed by atoms with Crippen LogP contribution >= 0.6 is 11.3 Å². The van der Waals surface area contributed by atoms with Gasteiger partial charge in [-0.05, 0) is 24.3 Å². The van der Waals surface area contributed by atoms with Crippen molar-refractivity contribution in [3.63, 3.8) is 0 Å². The Labute approximate surface area is 101 Å². The van der Waals surface area contributed by atoms with Gasteiger partial charge in [-0.2, -0.15) is 0 Å². The topological polar surface area (TPSA) is 52.5 Å². The number of aliphatic hydroxyl groups is 2. The number of rotatable bonds is 7. The summed E-state index contributed by atoms with van der Waals surface area (Å²) in [4.78, 5) is 0.962. The fourth-order valence-electron chi connectivity index (χ4n) is 1.52. The van der Waals surface area contributed by atoms with E-state index >= 15 is 0 Å². The highest BCUT2D eigenvalue weighted by molar-refractivity contribution is 7.10. The van der Waals surface area contributed by atoms with Crippen molar-refractivity contribution in [1.29, 1.82) is 0 Å². The highest BCUT2D eigenvalue weighted by Gasteiger charge is 2.21. The standard InChI is InChI=1S/C12H21NO2S/c1-3-12(15,4-2)9-13-8-10(14)11-6-5-7-16-11/h5-7,10,13-15H,3-4,8-9H2,1-2H3. The third-order valence-corrected chi connectivity index (χ3v) is 3.95. The molecule has 1 aromatic heterocycles. The van der Waals surface area contributed by atoms with Gasteiger partial charge >= 0.3 is 0 Å². The molecule has 0 saturated heterocycles. The van der Waals surface area contributed by atoms with Gasteiger partial charge < -0.3 is 15.5 Å². The van der Waals surface area contributed by atoms with Gasteiger partial charge in [0.1, 0.15) is 6.10 Å². The second kappa shape index (κ2) is 6.35. The number of thiophene rings is 1. The molecule has 0 aliphatic rings. The van der Waals surface area contributed by atoms with Crippen LogP contribution in [0.25, 0.3) is 0 Å². The van der Waals surface area contributed by atoms with Crippen molar-refractivity contribution in [2.24, 2.45) is 0 Å². The minimum absolute atomic E-state index is 0.474. The van der Waals surface area contributed by atoms with Gasteiger partial charge in [0.15, 0.2) is 0 Å². The normalized spacial score (nSPS) is 14.0. The third-order valence-electron chi connectivity index (χ3n) is 2.98. The van der Waals surface area contributed by atoms with Crippen LogP contribution in [0.15, 0.2) is 17.5 Å². The maximum absolute atomic E-state index is 10.0. The summed E-state index contributed by atoms with van der Waals surface area (Å²) in [5.41, 5.74) is -0.644. The lowest BCUT2D eigenvalue weighted by Gasteiger charge is -2.26. The zero-order valence-corrected chi connectivity index (χ0v) is 10.8. The Morgan fingerprint density at radius 3 is 2.62 bits per heavy atom. The summed E-state index contributed by atoms with van der Waals surface area (Å²) in [6, 6.07) is 3.85. The van der Waals surface area contributed by atoms with Crippen LogP contribution in [0.3, 0.4) is 0 Å². The number of nitrogens with one attached hydrogen (secondary N) is 1. The summed E-state index contributed by atoms with van der Waals surface area (Å²) in [5, 5.41) is 24.9. The maximum atomic E-state index is 10.0. The van der Waals surface area contributed by atoms with Crippen molar-refractivity contribution in [2.45, 2.75) is 38.4 Å². The van der Waals surface area contributed by atoms with E-state index in [1.165, 1.54) is 0 Å². The molecule has 0 radical (unpaired) electrons. The lowest BCUT2D eigenvalue weighted by Crippen LogP contribution is -2.40. The zero-order valence-electron chi connectivity index (χ0n) is 9.94. The Morgan fingerprint density at radius 1 is 1.44 bits per heavy atom. The smallest absolute Gasteiger partial charge is 0.101 e. The number of hydrogen-bond donors (Lipinski definition) is 3. The Morgan fingerprint density at radius 2 is 2.12 bits per heavy atom. The van der Waals surface area contributed by atoms with Gasteiger partial charge in [-0.3, -0.25) is 0 Å². The molecule has 0 aromatic carbocycles. The predicted molar refractivity (Wildman–Crippen MR) is 67.7 cm³/mol. The fraction of sp³-hybridized carbons (Fsp3) is 0.667. The molecule has 1 heterocycles. The van der Waals surface area contributed by atoms with E-state index in [4.69, 9.17) is 0 Å². The summed E-state index contributed by atoms with van der Waals surface area (Å²) >= 11 is 1.55. The van der Waals surface area contributed by atoms with Crippen LogP contribution in [-0.2, 0) is 0 Å². The first-order valence-electron chi connectivity index (χ1n) is 5.76. The van der Waals surface area contributed by atoms with Gasteiger partial charge in [-0.25, -0.2) is 0 Å². The van der Waals surface area contributed by atoms with E-state index in [-0.39, 0.29) is 0 Å². The quantitative estimate of drug-likeness (QED) is 0.686. The fourth-order valence-corrected chi connectivity index (χ4v) is 2.23. The molecule has 3 N–H and O–H groups in total. The molecule has 1 unspecified atom stereocenters. The summed E-state index contributed by atoms with van der Waals surface area (Å²) in [6.45, 7) is 4.97. The third kappa shape index (κ3) is 3.87. The van der Waals surface area contributed by atoms with E-state index in [2.05, 4.69) is 5.32 Å². The maximum Gasteiger partial charge on any atom is 0.101 e. The molecule has 0 fully saturated rings. The summed E-state index contributed by atoms with van der Waals surface area (Å²) in [7, 11) is 0. The zero-order chi connectivity index (χ0) is 12.0. The summed E-state index contributed by atoms with van der Waals surface area (Å²) in [6.07, 6.45) is 0.981. The van der Waals surface area contributed by atoms with Gasteiger partial charge in [0, 0.05) is 18.0 Å². The van der Waals surface area contributed by atoms with E-state index in [0.29, 0.717) is 13.1 Å². The van der Waals surface area contributed by atoms with Crippen molar-refractivity contribution in [3.05, 3.63) is 22.4 Å². The van der Waals surface area contributed by atoms with Crippen LogP contribution in [0.2, 0.25) is 0 Å². The highest BCUT2D eigenvalue weighted by Crippen LogP contribution is 2.18. The average Bonchev–Trinajstić information content (AvgIpc) is 2.82. The van der Waals surface area contributed by atoms with Crippen molar-refractivity contribution in [2.75, 3.05) is 13.1 Å². The molecule has 1 rings (SSSR count). The van der Waals surface area contributed by atoms with Crippen molar-refractivity contribution in [1.82, 2.24) is 5.32 Å². The first-order valence-corrected chi connectivity index (χ1v) is 6.64. The Bertz CT molecular complexity index is 283. The number of aliphatic hydroxyl groups excluding tert-OH is 1. The molecule has 1 atom stereocenters. The number of hydrogen-bond acceptors (Lipinski definition) is 4. The minimum atomic E-state index is -0.644. The van der Waals surface area contributed by atoms with Crippen LogP contribution < -0.4 is 5.32 Å². The summed E-state index contributed by atoms with van der Waals surface area (Å²) in [5.74, 6) is 0.